The summed E-state index contributed by atoms with van der Waals surface area (Å²) < 4.78 is 12.4. The molecule has 2 amide bonds. The zero-order chi connectivity index (χ0) is 23.3. The molecule has 0 spiro atoms. The van der Waals surface area contributed by atoms with Crippen LogP contribution in [0.2, 0.25) is 0 Å². The Bertz CT molecular complexity index is 994. The van der Waals surface area contributed by atoms with Gasteiger partial charge in [0.15, 0.2) is 0 Å². The van der Waals surface area contributed by atoms with Crippen LogP contribution < -0.4 is 0 Å². The van der Waals surface area contributed by atoms with Gasteiger partial charge in [-0.2, -0.15) is 0 Å². The van der Waals surface area contributed by atoms with Gasteiger partial charge in [0.25, 0.3) is 23.6 Å². The van der Waals surface area contributed by atoms with Crippen LogP contribution in [-0.2, 0) is 9.47 Å². The van der Waals surface area contributed by atoms with Gasteiger partial charge < -0.3 is 9.47 Å². The average Bonchev–Trinajstić information content (AvgIpc) is 3.23. The average molecular weight is 435 g/mol. The molecule has 2 fully saturated rings. The molecular weight excluding hydrogens is 404 g/mol. The van der Waals surface area contributed by atoms with E-state index in [1.165, 1.54) is 0 Å². The molecule has 2 aromatic rings. The number of hydrogen-bond donors (Lipinski definition) is 0. The van der Waals surface area contributed by atoms with Gasteiger partial charge in [0.1, 0.15) is 11.2 Å². The number of hydrogen-bond acceptors (Lipinski definition) is 4. The smallest absolute Gasteiger partial charge is 0.260 e. The lowest BCUT2D eigenvalue weighted by atomic mass is 10.1. The third kappa shape index (κ3) is 4.22. The van der Waals surface area contributed by atoms with Crippen molar-refractivity contribution >= 4 is 11.8 Å². The zero-order valence-electron chi connectivity index (χ0n) is 19.6. The molecule has 6 nitrogen and oxygen atoms in total. The van der Waals surface area contributed by atoms with Crippen LogP contribution in [0.4, 0.5) is 0 Å². The molecule has 168 valence electrons. The van der Waals surface area contributed by atoms with Gasteiger partial charge in [-0.15, -0.1) is 0 Å². The number of benzene rings is 2. The van der Waals surface area contributed by atoms with E-state index in [0.29, 0.717) is 24.2 Å². The van der Waals surface area contributed by atoms with Crippen LogP contribution >= 0.6 is 0 Å². The first-order valence-electron chi connectivity index (χ1n) is 10.9. The van der Waals surface area contributed by atoms with Crippen molar-refractivity contribution < 1.29 is 19.1 Å². The van der Waals surface area contributed by atoms with Gasteiger partial charge in [-0.1, -0.05) is 35.4 Å². The lowest BCUT2D eigenvalue weighted by Crippen LogP contribution is -2.35. The summed E-state index contributed by atoms with van der Waals surface area (Å²) in [6.07, 6.45) is 0. The van der Waals surface area contributed by atoms with Crippen LogP contribution in [0.1, 0.15) is 59.5 Å². The summed E-state index contributed by atoms with van der Waals surface area (Å²) in [6, 6.07) is 14.9. The molecule has 0 N–H and O–H groups in total. The Morgan fingerprint density at radius 2 is 0.969 bits per heavy atom. The van der Waals surface area contributed by atoms with Gasteiger partial charge in [0.2, 0.25) is 0 Å². The van der Waals surface area contributed by atoms with E-state index in [1.807, 2.05) is 65.8 Å². The highest BCUT2D eigenvalue weighted by molar-refractivity contribution is 5.97. The van der Waals surface area contributed by atoms with Crippen molar-refractivity contribution in [2.45, 2.75) is 52.7 Å². The normalized spacial score (nSPS) is 21.3. The second-order valence-electron chi connectivity index (χ2n) is 9.85. The van der Waals surface area contributed by atoms with Gasteiger partial charge in [-0.25, -0.2) is 0 Å². The van der Waals surface area contributed by atoms with Crippen LogP contribution in [-0.4, -0.2) is 45.9 Å². The maximum Gasteiger partial charge on any atom is 0.260 e. The standard InChI is InChI=1S/C26H30N2O4/c1-17-7-11-19(12-8-17)21(29)27-15-25(3,4)31-23(27)24-28(16-26(5,6)32-24)22(30)20-13-9-18(2)10-14-20/h7-14H,15-16H2,1-6H3/b24-23+. The van der Waals surface area contributed by atoms with Crippen LogP contribution in [0.3, 0.4) is 0 Å². The Kier molecular flexibility index (Phi) is 5.27. The molecule has 4 rings (SSSR count). The maximum atomic E-state index is 13.4. The minimum Gasteiger partial charge on any atom is -0.467 e. The summed E-state index contributed by atoms with van der Waals surface area (Å²) in [5, 5.41) is 0. The Morgan fingerprint density at radius 1 is 0.656 bits per heavy atom. The molecule has 32 heavy (non-hydrogen) atoms. The Morgan fingerprint density at radius 3 is 1.28 bits per heavy atom. The molecule has 2 aliphatic heterocycles. The monoisotopic (exact) mass is 434 g/mol. The molecule has 2 heterocycles. The third-order valence-corrected chi connectivity index (χ3v) is 5.58. The molecule has 2 saturated heterocycles. The molecule has 0 bridgehead atoms. The highest BCUT2D eigenvalue weighted by Crippen LogP contribution is 2.38. The topological polar surface area (TPSA) is 59.1 Å². The van der Waals surface area contributed by atoms with Crippen LogP contribution in [0.25, 0.3) is 0 Å². The highest BCUT2D eigenvalue weighted by atomic mass is 16.6. The number of carbonyl (C=O) groups is 2. The second kappa shape index (κ2) is 7.69. The summed E-state index contributed by atoms with van der Waals surface area (Å²) in [7, 11) is 0. The van der Waals surface area contributed by atoms with Gasteiger partial charge >= 0.3 is 0 Å². The van der Waals surface area contributed by atoms with Crippen molar-refractivity contribution in [1.29, 1.82) is 0 Å². The molecule has 2 aliphatic rings. The van der Waals surface area contributed by atoms with E-state index in [2.05, 4.69) is 0 Å². The van der Waals surface area contributed by atoms with E-state index >= 15 is 0 Å². The van der Waals surface area contributed by atoms with Crippen molar-refractivity contribution in [2.24, 2.45) is 0 Å². The van der Waals surface area contributed by atoms with Gasteiger partial charge in [-0.05, 0) is 65.8 Å². The van der Waals surface area contributed by atoms with E-state index in [9.17, 15) is 9.59 Å². The molecule has 0 atom stereocenters. The van der Waals surface area contributed by atoms with E-state index < -0.39 is 11.2 Å². The van der Waals surface area contributed by atoms with Crippen LogP contribution in [0, 0.1) is 13.8 Å². The van der Waals surface area contributed by atoms with Crippen molar-refractivity contribution in [2.75, 3.05) is 13.1 Å². The first-order valence-corrected chi connectivity index (χ1v) is 10.9. The number of carbonyl (C=O) groups excluding carboxylic acids is 2. The molecule has 2 aromatic carbocycles. The predicted molar refractivity (Wildman–Crippen MR) is 122 cm³/mol. The predicted octanol–water partition coefficient (Wildman–Crippen LogP) is 4.63. The Labute approximate surface area is 189 Å². The Balaban J connectivity index is 1.76. The third-order valence-electron chi connectivity index (χ3n) is 5.58. The second-order valence-corrected chi connectivity index (χ2v) is 9.85. The number of nitrogens with zero attached hydrogens (tertiary/aromatic N) is 2. The van der Waals surface area contributed by atoms with Crippen molar-refractivity contribution in [1.82, 2.24) is 9.80 Å². The van der Waals surface area contributed by atoms with Gasteiger partial charge in [-0.3, -0.25) is 19.4 Å². The van der Waals surface area contributed by atoms with E-state index in [1.54, 1.807) is 34.1 Å². The largest absolute Gasteiger partial charge is 0.467 e. The van der Waals surface area contributed by atoms with E-state index in [0.717, 1.165) is 11.1 Å². The lowest BCUT2D eigenvalue weighted by molar-refractivity contribution is 0.0361. The van der Waals surface area contributed by atoms with Crippen molar-refractivity contribution in [3.05, 3.63) is 82.6 Å². The number of amides is 2. The minimum atomic E-state index is -0.614. The SMILES string of the molecule is Cc1ccc(C(=O)N2CC(C)(C)O/C2=C2/OC(C)(C)CN2C(=O)c2ccc(C)cc2)cc1. The molecular formula is C26H30N2O4. The summed E-state index contributed by atoms with van der Waals surface area (Å²) in [6.45, 7) is 12.3. The molecule has 6 heteroatoms. The number of ether oxygens (including phenoxy) is 2. The van der Waals surface area contributed by atoms with Gasteiger partial charge in [0.05, 0.1) is 13.1 Å². The molecule has 0 aliphatic carbocycles. The lowest BCUT2D eigenvalue weighted by Gasteiger charge is -2.21. The Hall–Kier alpha value is -3.28. The summed E-state index contributed by atoms with van der Waals surface area (Å²) in [5.41, 5.74) is 2.05. The summed E-state index contributed by atoms with van der Waals surface area (Å²) >= 11 is 0. The van der Waals surface area contributed by atoms with E-state index in [4.69, 9.17) is 9.47 Å². The minimum absolute atomic E-state index is 0.186. The summed E-state index contributed by atoms with van der Waals surface area (Å²) in [5.74, 6) is 0.196. The first-order chi connectivity index (χ1) is 15.0. The van der Waals surface area contributed by atoms with Gasteiger partial charge in [0, 0.05) is 11.1 Å². The zero-order valence-corrected chi connectivity index (χ0v) is 19.6. The highest BCUT2D eigenvalue weighted by Gasteiger charge is 2.48. The molecule has 0 radical (unpaired) electrons. The van der Waals surface area contributed by atoms with E-state index in [-0.39, 0.29) is 23.6 Å². The fraction of sp³-hybridized carbons (Fsp3) is 0.385. The number of aryl methyl sites for hydroxylation is 2. The fourth-order valence-electron chi connectivity index (χ4n) is 3.95. The number of rotatable bonds is 2. The molecule has 0 saturated carbocycles. The molecule has 0 aromatic heterocycles. The van der Waals surface area contributed by atoms with Crippen LogP contribution in [0.15, 0.2) is 60.3 Å². The first kappa shape index (κ1) is 21.9. The quantitative estimate of drug-likeness (QED) is 0.691. The van der Waals surface area contributed by atoms with Crippen molar-refractivity contribution in [3.63, 3.8) is 0 Å². The molecule has 0 unspecified atom stereocenters. The van der Waals surface area contributed by atoms with Crippen molar-refractivity contribution in [3.8, 4) is 0 Å². The summed E-state index contributed by atoms with van der Waals surface area (Å²) in [4.78, 5) is 30.0. The maximum absolute atomic E-state index is 13.4. The van der Waals surface area contributed by atoms with Crippen LogP contribution in [0.5, 0.6) is 0 Å². The fourth-order valence-corrected chi connectivity index (χ4v) is 3.95.